The number of carbonyl (C=O) groups is 1. The van der Waals surface area contributed by atoms with Crippen molar-refractivity contribution in [1.29, 1.82) is 0 Å². The van der Waals surface area contributed by atoms with Gasteiger partial charge in [-0.25, -0.2) is 0 Å². The first-order valence-electron chi connectivity index (χ1n) is 6.94. The Hall–Kier alpha value is -0.870. The van der Waals surface area contributed by atoms with Gasteiger partial charge in [0, 0.05) is 22.9 Å². The van der Waals surface area contributed by atoms with Crippen LogP contribution in [0.15, 0.2) is 28.7 Å². The van der Waals surface area contributed by atoms with Crippen LogP contribution in [0.4, 0.5) is 0 Å². The molecule has 3 nitrogen and oxygen atoms in total. The standard InChI is InChI=1S/C15H20BrNO2/c1-2-19-15(18)12-7-9-17(10-8-12)11-13-5-3-4-6-14(13)16/h3-6,12H,2,7-11H2,1H3/p+1. The summed E-state index contributed by atoms with van der Waals surface area (Å²) in [7, 11) is 0. The van der Waals surface area contributed by atoms with Crippen molar-refractivity contribution in [3.63, 3.8) is 0 Å². The quantitative estimate of drug-likeness (QED) is 0.855. The minimum Gasteiger partial charge on any atom is -0.466 e. The van der Waals surface area contributed by atoms with Crippen molar-refractivity contribution >= 4 is 21.9 Å². The van der Waals surface area contributed by atoms with Gasteiger partial charge in [-0.1, -0.05) is 34.1 Å². The number of carbonyl (C=O) groups excluding carboxylic acids is 1. The number of esters is 1. The molecular weight excluding hydrogens is 306 g/mol. The molecule has 1 heterocycles. The van der Waals surface area contributed by atoms with E-state index in [-0.39, 0.29) is 11.9 Å². The summed E-state index contributed by atoms with van der Waals surface area (Å²) >= 11 is 3.59. The van der Waals surface area contributed by atoms with Gasteiger partial charge in [0.2, 0.25) is 0 Å². The van der Waals surface area contributed by atoms with Crippen molar-refractivity contribution in [3.05, 3.63) is 34.3 Å². The van der Waals surface area contributed by atoms with Crippen LogP contribution in [-0.2, 0) is 16.1 Å². The smallest absolute Gasteiger partial charge is 0.309 e. The summed E-state index contributed by atoms with van der Waals surface area (Å²) in [6.45, 7) is 5.47. The van der Waals surface area contributed by atoms with Crippen LogP contribution in [-0.4, -0.2) is 25.7 Å². The number of hydrogen-bond acceptors (Lipinski definition) is 2. The van der Waals surface area contributed by atoms with E-state index in [4.69, 9.17) is 4.74 Å². The fraction of sp³-hybridized carbons (Fsp3) is 0.533. The lowest BCUT2D eigenvalue weighted by atomic mass is 9.96. The topological polar surface area (TPSA) is 30.7 Å². The molecule has 0 atom stereocenters. The van der Waals surface area contributed by atoms with Crippen molar-refractivity contribution in [2.24, 2.45) is 5.92 Å². The van der Waals surface area contributed by atoms with Gasteiger partial charge in [-0.2, -0.15) is 0 Å². The first kappa shape index (κ1) is 14.5. The molecule has 1 aromatic carbocycles. The summed E-state index contributed by atoms with van der Waals surface area (Å²) in [6.07, 6.45) is 1.89. The molecule has 1 N–H and O–H groups in total. The second-order valence-corrected chi connectivity index (χ2v) is 5.90. The zero-order valence-corrected chi connectivity index (χ0v) is 12.9. The van der Waals surface area contributed by atoms with Gasteiger partial charge in [0.1, 0.15) is 6.54 Å². The molecule has 0 aliphatic carbocycles. The lowest BCUT2D eigenvalue weighted by Crippen LogP contribution is -3.11. The number of nitrogens with one attached hydrogen (secondary N) is 1. The summed E-state index contributed by atoms with van der Waals surface area (Å²) in [5, 5.41) is 0. The molecule has 1 aliphatic rings. The number of rotatable bonds is 4. The summed E-state index contributed by atoms with van der Waals surface area (Å²) in [4.78, 5) is 13.2. The average Bonchev–Trinajstić information content (AvgIpc) is 2.42. The lowest BCUT2D eigenvalue weighted by molar-refractivity contribution is -0.919. The number of quaternary nitrogens is 1. The summed E-state index contributed by atoms with van der Waals surface area (Å²) in [5.41, 5.74) is 1.34. The first-order valence-corrected chi connectivity index (χ1v) is 7.73. The van der Waals surface area contributed by atoms with Gasteiger partial charge in [-0.3, -0.25) is 4.79 Å². The Morgan fingerprint density at radius 3 is 2.68 bits per heavy atom. The van der Waals surface area contributed by atoms with Gasteiger partial charge in [0.25, 0.3) is 0 Å². The van der Waals surface area contributed by atoms with Gasteiger partial charge in [0.15, 0.2) is 0 Å². The van der Waals surface area contributed by atoms with E-state index in [1.54, 1.807) is 4.90 Å². The number of likely N-dealkylation sites (tertiary alicyclic amines) is 1. The van der Waals surface area contributed by atoms with Crippen LogP contribution in [0, 0.1) is 5.92 Å². The van der Waals surface area contributed by atoms with E-state index in [0.29, 0.717) is 6.61 Å². The van der Waals surface area contributed by atoms with E-state index >= 15 is 0 Å². The highest BCUT2D eigenvalue weighted by atomic mass is 79.9. The molecule has 0 saturated carbocycles. The minimum atomic E-state index is -0.0116. The molecule has 1 fully saturated rings. The molecule has 0 amide bonds. The van der Waals surface area contributed by atoms with Gasteiger partial charge >= 0.3 is 5.97 Å². The largest absolute Gasteiger partial charge is 0.466 e. The third-order valence-corrected chi connectivity index (χ3v) is 4.48. The maximum Gasteiger partial charge on any atom is 0.309 e. The molecule has 1 aromatic rings. The van der Waals surface area contributed by atoms with E-state index < -0.39 is 0 Å². The van der Waals surface area contributed by atoms with Crippen LogP contribution in [0.25, 0.3) is 0 Å². The molecular formula is C15H21BrNO2+. The highest BCUT2D eigenvalue weighted by Crippen LogP contribution is 2.16. The number of halogens is 1. The Morgan fingerprint density at radius 2 is 2.05 bits per heavy atom. The number of hydrogen-bond donors (Lipinski definition) is 1. The molecule has 104 valence electrons. The van der Waals surface area contributed by atoms with E-state index in [0.717, 1.165) is 32.5 Å². The molecule has 1 aliphatic heterocycles. The van der Waals surface area contributed by atoms with Gasteiger partial charge in [-0.05, 0) is 13.0 Å². The van der Waals surface area contributed by atoms with Crippen molar-refractivity contribution < 1.29 is 14.4 Å². The Labute approximate surface area is 123 Å². The van der Waals surface area contributed by atoms with Crippen LogP contribution in [0.1, 0.15) is 25.3 Å². The molecule has 0 bridgehead atoms. The second kappa shape index (κ2) is 7.06. The van der Waals surface area contributed by atoms with Crippen molar-refractivity contribution in [1.82, 2.24) is 0 Å². The van der Waals surface area contributed by atoms with E-state index in [1.165, 1.54) is 10.0 Å². The minimum absolute atomic E-state index is 0.0116. The third kappa shape index (κ3) is 4.05. The van der Waals surface area contributed by atoms with Crippen molar-refractivity contribution in [3.8, 4) is 0 Å². The third-order valence-electron chi connectivity index (χ3n) is 3.71. The first-order chi connectivity index (χ1) is 9.20. The second-order valence-electron chi connectivity index (χ2n) is 5.04. The number of ether oxygens (including phenoxy) is 1. The highest BCUT2D eigenvalue weighted by molar-refractivity contribution is 9.10. The summed E-state index contributed by atoms with van der Waals surface area (Å²) < 4.78 is 6.27. The fourth-order valence-corrected chi connectivity index (χ4v) is 3.03. The van der Waals surface area contributed by atoms with E-state index in [1.807, 2.05) is 13.0 Å². The lowest BCUT2D eigenvalue weighted by Gasteiger charge is -2.28. The Morgan fingerprint density at radius 1 is 1.37 bits per heavy atom. The zero-order valence-electron chi connectivity index (χ0n) is 11.3. The van der Waals surface area contributed by atoms with E-state index in [9.17, 15) is 4.79 Å². The summed E-state index contributed by atoms with van der Waals surface area (Å²) in [6, 6.07) is 8.36. The maximum atomic E-state index is 11.7. The van der Waals surface area contributed by atoms with Gasteiger partial charge in [-0.15, -0.1) is 0 Å². The molecule has 4 heteroatoms. The molecule has 0 radical (unpaired) electrons. The Kier molecular flexibility index (Phi) is 5.40. The molecule has 0 unspecified atom stereocenters. The summed E-state index contributed by atoms with van der Waals surface area (Å²) in [5.74, 6) is 0.102. The zero-order chi connectivity index (χ0) is 13.7. The van der Waals surface area contributed by atoms with Gasteiger partial charge in [0.05, 0.1) is 25.6 Å². The number of benzene rings is 1. The van der Waals surface area contributed by atoms with E-state index in [2.05, 4.69) is 34.1 Å². The molecule has 2 rings (SSSR count). The van der Waals surface area contributed by atoms with Crippen LogP contribution >= 0.6 is 15.9 Å². The van der Waals surface area contributed by atoms with Gasteiger partial charge < -0.3 is 9.64 Å². The normalized spacial score (nSPS) is 23.1. The molecule has 1 saturated heterocycles. The Bertz CT molecular complexity index is 428. The predicted octanol–water partition coefficient (Wildman–Crippen LogP) is 1.81. The fourth-order valence-electron chi connectivity index (χ4n) is 2.61. The average molecular weight is 327 g/mol. The van der Waals surface area contributed by atoms with Crippen LogP contribution in [0.2, 0.25) is 0 Å². The SMILES string of the molecule is CCOC(=O)C1CC[NH+](Cc2ccccc2Br)CC1. The Balaban J connectivity index is 1.84. The number of piperidine rings is 1. The molecule has 19 heavy (non-hydrogen) atoms. The van der Waals surface area contributed by atoms with Crippen LogP contribution < -0.4 is 4.90 Å². The van der Waals surface area contributed by atoms with Crippen molar-refractivity contribution in [2.45, 2.75) is 26.3 Å². The molecule has 0 spiro atoms. The maximum absolute atomic E-state index is 11.7. The monoisotopic (exact) mass is 326 g/mol. The van der Waals surface area contributed by atoms with Crippen LogP contribution in [0.3, 0.4) is 0 Å². The van der Waals surface area contributed by atoms with Crippen LogP contribution in [0.5, 0.6) is 0 Å². The predicted molar refractivity (Wildman–Crippen MR) is 77.9 cm³/mol. The molecule has 0 aromatic heterocycles. The van der Waals surface area contributed by atoms with Crippen molar-refractivity contribution in [2.75, 3.05) is 19.7 Å². The highest BCUT2D eigenvalue weighted by Gasteiger charge is 2.28.